The van der Waals surface area contributed by atoms with E-state index in [0.29, 0.717) is 5.41 Å². The van der Waals surface area contributed by atoms with E-state index in [-0.39, 0.29) is 17.9 Å². The lowest BCUT2D eigenvalue weighted by Crippen LogP contribution is -2.52. The Hall–Kier alpha value is -1.03. The first-order chi connectivity index (χ1) is 17.6. The second kappa shape index (κ2) is 12.0. The molecule has 0 aromatic carbocycles. The van der Waals surface area contributed by atoms with Crippen molar-refractivity contribution in [3.8, 4) is 0 Å². The lowest BCUT2D eigenvalue weighted by molar-refractivity contribution is -0.137. The average molecular weight is 516 g/mol. The highest BCUT2D eigenvalue weighted by Gasteiger charge is 2.60. The minimum atomic E-state index is -0.687. The molecule has 0 aromatic heterocycles. The van der Waals surface area contributed by atoms with Crippen molar-refractivity contribution in [2.75, 3.05) is 6.54 Å². The Labute approximate surface area is 227 Å². The molecule has 212 valence electrons. The van der Waals surface area contributed by atoms with Crippen LogP contribution in [0.25, 0.3) is 0 Å². The van der Waals surface area contributed by atoms with Gasteiger partial charge in [0.05, 0.1) is 6.10 Å². The Kier molecular flexibility index (Phi) is 9.40. The van der Waals surface area contributed by atoms with Crippen LogP contribution in [0.4, 0.5) is 0 Å². The van der Waals surface area contributed by atoms with E-state index in [1.807, 2.05) is 0 Å². The number of rotatable bonds is 12. The number of fused-ring (bicyclic) bond motifs is 5. The predicted octanol–water partition coefficient (Wildman–Crippen LogP) is 7.95. The summed E-state index contributed by atoms with van der Waals surface area (Å²) in [6.07, 6.45) is 16.7. The molecule has 4 aliphatic rings. The fraction of sp³-hybridized carbons (Fsp3) is 0.909. The second-order valence-electron chi connectivity index (χ2n) is 14.5. The summed E-state index contributed by atoms with van der Waals surface area (Å²) in [5.74, 6) is 4.21. The smallest absolute Gasteiger partial charge is 0.303 e. The molecule has 4 rings (SSSR count). The summed E-state index contributed by atoms with van der Waals surface area (Å²) in [7, 11) is 0. The van der Waals surface area contributed by atoms with Crippen LogP contribution in [0.3, 0.4) is 0 Å². The van der Waals surface area contributed by atoms with E-state index in [2.05, 4.69) is 39.9 Å². The minimum Gasteiger partial charge on any atom is -0.481 e. The first-order valence-corrected chi connectivity index (χ1v) is 15.9. The maximum absolute atomic E-state index is 10.9. The molecule has 0 amide bonds. The van der Waals surface area contributed by atoms with Crippen LogP contribution in [-0.4, -0.2) is 28.8 Å². The van der Waals surface area contributed by atoms with Crippen LogP contribution in [0.5, 0.6) is 0 Å². The summed E-state index contributed by atoms with van der Waals surface area (Å²) < 4.78 is 0. The molecule has 0 aromatic rings. The third-order valence-electron chi connectivity index (χ3n) is 11.8. The normalized spacial score (nSPS) is 38.2. The number of hydrogen-bond donors (Lipinski definition) is 3. The van der Waals surface area contributed by atoms with Gasteiger partial charge in [-0.05, 0) is 116 Å². The number of aliphatic carboxylic acids is 1. The van der Waals surface area contributed by atoms with Gasteiger partial charge in [-0.25, -0.2) is 0 Å². The predicted molar refractivity (Wildman–Crippen MR) is 152 cm³/mol. The average Bonchev–Trinajstić information content (AvgIpc) is 3.19. The van der Waals surface area contributed by atoms with Crippen molar-refractivity contribution in [3.63, 3.8) is 0 Å². The van der Waals surface area contributed by atoms with E-state index in [1.165, 1.54) is 57.1 Å². The summed E-state index contributed by atoms with van der Waals surface area (Å²) in [5.41, 5.74) is 3.72. The molecule has 0 radical (unpaired) electrons. The molecule has 0 bridgehead atoms. The number of allylic oxidation sites excluding steroid dienone is 1. The highest BCUT2D eigenvalue weighted by atomic mass is 16.4. The van der Waals surface area contributed by atoms with Gasteiger partial charge in [0, 0.05) is 18.7 Å². The van der Waals surface area contributed by atoms with Crippen molar-refractivity contribution in [3.05, 3.63) is 11.3 Å². The molecule has 3 saturated carbocycles. The third-order valence-corrected chi connectivity index (χ3v) is 11.8. The van der Waals surface area contributed by atoms with Gasteiger partial charge < -0.3 is 15.5 Å². The van der Waals surface area contributed by atoms with Gasteiger partial charge in [0.2, 0.25) is 0 Å². The first-order valence-electron chi connectivity index (χ1n) is 15.9. The van der Waals surface area contributed by atoms with E-state index < -0.39 is 5.97 Å². The second-order valence-corrected chi connectivity index (χ2v) is 14.5. The van der Waals surface area contributed by atoms with Crippen LogP contribution in [0.15, 0.2) is 11.3 Å². The largest absolute Gasteiger partial charge is 0.481 e. The zero-order chi connectivity index (χ0) is 26.8. The number of carbonyl (C=O) groups is 1. The Bertz CT molecular complexity index is 820. The van der Waals surface area contributed by atoms with Gasteiger partial charge in [0.15, 0.2) is 0 Å². The quantitative estimate of drug-likeness (QED) is 0.231. The van der Waals surface area contributed by atoms with Crippen molar-refractivity contribution in [1.82, 2.24) is 5.32 Å². The molecule has 3 N–H and O–H groups in total. The molecule has 0 aliphatic heterocycles. The van der Waals surface area contributed by atoms with Gasteiger partial charge in [-0.15, -0.1) is 0 Å². The molecule has 0 spiro atoms. The van der Waals surface area contributed by atoms with E-state index >= 15 is 0 Å². The van der Waals surface area contributed by atoms with Crippen LogP contribution in [0.2, 0.25) is 0 Å². The number of aliphatic hydroxyl groups excluding tert-OH is 1. The van der Waals surface area contributed by atoms with E-state index in [0.717, 1.165) is 80.6 Å². The van der Waals surface area contributed by atoms with Gasteiger partial charge >= 0.3 is 5.97 Å². The van der Waals surface area contributed by atoms with Gasteiger partial charge in [0.1, 0.15) is 0 Å². The van der Waals surface area contributed by atoms with Gasteiger partial charge in [-0.3, -0.25) is 4.79 Å². The molecule has 0 saturated heterocycles. The van der Waals surface area contributed by atoms with Crippen LogP contribution in [-0.2, 0) is 4.79 Å². The van der Waals surface area contributed by atoms with E-state index in [1.54, 1.807) is 5.57 Å². The van der Waals surface area contributed by atoms with Crippen molar-refractivity contribution in [2.45, 2.75) is 137 Å². The summed E-state index contributed by atoms with van der Waals surface area (Å²) in [6, 6.07) is 0. The summed E-state index contributed by atoms with van der Waals surface area (Å²) in [4.78, 5) is 10.9. The number of aliphatic hydroxyl groups is 1. The third kappa shape index (κ3) is 6.10. The maximum Gasteiger partial charge on any atom is 0.303 e. The molecular weight excluding hydrogens is 458 g/mol. The van der Waals surface area contributed by atoms with Crippen LogP contribution >= 0.6 is 0 Å². The summed E-state index contributed by atoms with van der Waals surface area (Å²) in [5, 5.41) is 23.5. The highest BCUT2D eigenvalue weighted by molar-refractivity contribution is 5.66. The molecule has 4 aliphatic carbocycles. The molecule has 37 heavy (non-hydrogen) atoms. The number of carboxylic acid groups (broad SMARTS) is 1. The fourth-order valence-corrected chi connectivity index (χ4v) is 9.81. The molecule has 4 unspecified atom stereocenters. The minimum absolute atomic E-state index is 0.191. The maximum atomic E-state index is 10.9. The van der Waals surface area contributed by atoms with Gasteiger partial charge in [0.25, 0.3) is 0 Å². The van der Waals surface area contributed by atoms with Crippen LogP contribution in [0, 0.1) is 46.3 Å². The number of hydrogen-bond acceptors (Lipinski definition) is 3. The monoisotopic (exact) mass is 515 g/mol. The molecule has 8 atom stereocenters. The molecule has 4 heteroatoms. The van der Waals surface area contributed by atoms with Crippen LogP contribution in [0.1, 0.15) is 131 Å². The highest BCUT2D eigenvalue weighted by Crippen LogP contribution is 2.68. The molecule has 3 fully saturated rings. The van der Waals surface area contributed by atoms with Gasteiger partial charge in [-0.1, -0.05) is 60.3 Å². The zero-order valence-corrected chi connectivity index (χ0v) is 24.7. The van der Waals surface area contributed by atoms with Crippen molar-refractivity contribution in [1.29, 1.82) is 0 Å². The first kappa shape index (κ1) is 29.0. The summed E-state index contributed by atoms with van der Waals surface area (Å²) in [6.45, 7) is 13.4. The SMILES string of the molecule is CC(C)CCC[C@@H](C)[C@H]1CCC2C3CC(NCCCCCC(=O)O)=C4CC(O)CC[C@]4(C)C3CC[C@@]21C. The van der Waals surface area contributed by atoms with E-state index in [9.17, 15) is 9.90 Å². The van der Waals surface area contributed by atoms with Crippen LogP contribution < -0.4 is 5.32 Å². The van der Waals surface area contributed by atoms with Crippen molar-refractivity contribution in [2.24, 2.45) is 46.3 Å². The Morgan fingerprint density at radius 2 is 1.73 bits per heavy atom. The fourth-order valence-electron chi connectivity index (χ4n) is 9.81. The lowest BCUT2D eigenvalue weighted by atomic mass is 9.46. The van der Waals surface area contributed by atoms with Crippen molar-refractivity contribution < 1.29 is 15.0 Å². The summed E-state index contributed by atoms with van der Waals surface area (Å²) >= 11 is 0. The zero-order valence-electron chi connectivity index (χ0n) is 24.7. The lowest BCUT2D eigenvalue weighted by Gasteiger charge is -2.59. The molecule has 4 nitrogen and oxygen atoms in total. The number of carboxylic acids is 1. The van der Waals surface area contributed by atoms with Gasteiger partial charge in [-0.2, -0.15) is 0 Å². The topological polar surface area (TPSA) is 69.6 Å². The Morgan fingerprint density at radius 1 is 0.946 bits per heavy atom. The van der Waals surface area contributed by atoms with Crippen molar-refractivity contribution >= 4 is 5.97 Å². The Balaban J connectivity index is 1.48. The number of unbranched alkanes of at least 4 members (excludes halogenated alkanes) is 2. The standard InChI is InChI=1S/C33H57NO3/c1-22(2)10-9-11-23(3)26-13-14-27-25-21-30(34-19-8-6-7-12-31(36)37)29-20-24(35)15-17-33(29,5)28(25)16-18-32(26,27)4/h22-28,34-35H,6-21H2,1-5H3,(H,36,37)/t23-,24?,25?,26-,27?,28?,32-,33-/m1/s1. The number of nitrogens with one attached hydrogen (secondary N) is 1. The molecular formula is C33H57NO3. The van der Waals surface area contributed by atoms with E-state index in [4.69, 9.17) is 5.11 Å². The Morgan fingerprint density at radius 3 is 2.46 bits per heavy atom. The molecule has 0 heterocycles.